The van der Waals surface area contributed by atoms with E-state index in [9.17, 15) is 13.2 Å². The highest BCUT2D eigenvalue weighted by atomic mass is 127. The fraction of sp³-hybridized carbons (Fsp3) is 0.100. The largest absolute Gasteiger partial charge is 0.350 e. The van der Waals surface area contributed by atoms with Gasteiger partial charge in [-0.2, -0.15) is 0 Å². The van der Waals surface area contributed by atoms with Crippen molar-refractivity contribution >= 4 is 44.2 Å². The van der Waals surface area contributed by atoms with Crippen LogP contribution in [0.5, 0.6) is 0 Å². The Bertz CT molecular complexity index is 1030. The van der Waals surface area contributed by atoms with Crippen molar-refractivity contribution in [3.63, 3.8) is 0 Å². The third kappa shape index (κ3) is 5.08. The lowest BCUT2D eigenvalue weighted by Gasteiger charge is -2.24. The minimum absolute atomic E-state index is 0.135. The number of benzene rings is 2. The molecule has 1 aromatic heterocycles. The van der Waals surface area contributed by atoms with Crippen molar-refractivity contribution in [3.05, 3.63) is 88.3 Å². The number of halogens is 1. The van der Waals surface area contributed by atoms with E-state index in [1.165, 1.54) is 12.1 Å². The molecule has 0 saturated carbocycles. The molecule has 0 aliphatic carbocycles. The van der Waals surface area contributed by atoms with Crippen molar-refractivity contribution in [1.29, 1.82) is 0 Å². The SMILES string of the molecule is O=C(CN(c1ccc(I)cc1)S(=O)(=O)c1ccccc1)NCc1ccncc1. The number of pyridine rings is 1. The molecule has 1 heterocycles. The Morgan fingerprint density at radius 2 is 1.61 bits per heavy atom. The van der Waals surface area contributed by atoms with Crippen LogP contribution < -0.4 is 9.62 Å². The first-order chi connectivity index (χ1) is 13.5. The third-order valence-corrected chi connectivity index (χ3v) is 6.48. The van der Waals surface area contributed by atoms with Gasteiger partial charge < -0.3 is 5.32 Å². The number of nitrogens with zero attached hydrogens (tertiary/aromatic N) is 2. The lowest BCUT2D eigenvalue weighted by molar-refractivity contribution is -0.119. The molecule has 2 aromatic carbocycles. The van der Waals surface area contributed by atoms with Crippen molar-refractivity contribution < 1.29 is 13.2 Å². The minimum Gasteiger partial charge on any atom is -0.350 e. The molecule has 1 N–H and O–H groups in total. The molecule has 28 heavy (non-hydrogen) atoms. The molecule has 0 aliphatic heterocycles. The summed E-state index contributed by atoms with van der Waals surface area (Å²) in [5, 5.41) is 2.76. The Morgan fingerprint density at radius 3 is 2.25 bits per heavy atom. The van der Waals surface area contributed by atoms with Crippen LogP contribution in [-0.2, 0) is 21.4 Å². The van der Waals surface area contributed by atoms with Gasteiger partial charge in [-0.05, 0) is 76.7 Å². The fourth-order valence-electron chi connectivity index (χ4n) is 2.53. The summed E-state index contributed by atoms with van der Waals surface area (Å²) >= 11 is 2.15. The molecule has 1 amide bonds. The number of carbonyl (C=O) groups excluding carboxylic acids is 1. The van der Waals surface area contributed by atoms with Crippen LogP contribution in [0.4, 0.5) is 5.69 Å². The van der Waals surface area contributed by atoms with Crippen LogP contribution >= 0.6 is 22.6 Å². The van der Waals surface area contributed by atoms with Gasteiger partial charge >= 0.3 is 0 Å². The molecule has 0 atom stereocenters. The number of aromatic nitrogens is 1. The summed E-state index contributed by atoms with van der Waals surface area (Å²) in [7, 11) is -3.88. The number of nitrogens with one attached hydrogen (secondary N) is 1. The van der Waals surface area contributed by atoms with Gasteiger partial charge in [-0.3, -0.25) is 14.1 Å². The molecule has 0 spiro atoms. The van der Waals surface area contributed by atoms with Gasteiger partial charge in [0, 0.05) is 22.5 Å². The summed E-state index contributed by atoms with van der Waals surface area (Å²) in [5.41, 5.74) is 1.32. The van der Waals surface area contributed by atoms with E-state index >= 15 is 0 Å². The zero-order valence-electron chi connectivity index (χ0n) is 14.8. The maximum atomic E-state index is 13.2. The maximum Gasteiger partial charge on any atom is 0.264 e. The first-order valence-corrected chi connectivity index (χ1v) is 11.0. The lowest BCUT2D eigenvalue weighted by Crippen LogP contribution is -2.40. The van der Waals surface area contributed by atoms with E-state index in [1.54, 1.807) is 67.0 Å². The Labute approximate surface area is 177 Å². The van der Waals surface area contributed by atoms with Crippen molar-refractivity contribution in [2.45, 2.75) is 11.4 Å². The second-order valence-electron chi connectivity index (χ2n) is 5.93. The van der Waals surface area contributed by atoms with E-state index < -0.39 is 15.9 Å². The summed E-state index contributed by atoms with van der Waals surface area (Å²) in [6, 6.07) is 18.7. The summed E-state index contributed by atoms with van der Waals surface area (Å²) < 4.78 is 28.4. The van der Waals surface area contributed by atoms with Crippen molar-refractivity contribution in [2.75, 3.05) is 10.8 Å². The molecule has 0 saturated heterocycles. The standard InChI is InChI=1S/C20H18IN3O3S/c21-17-6-8-18(9-7-17)24(28(26,27)19-4-2-1-3-5-19)15-20(25)23-14-16-10-12-22-13-11-16/h1-13H,14-15H2,(H,23,25). The van der Waals surface area contributed by atoms with Crippen LogP contribution in [0.3, 0.4) is 0 Å². The van der Waals surface area contributed by atoms with Crippen molar-refractivity contribution in [3.8, 4) is 0 Å². The average molecular weight is 507 g/mol. The van der Waals surface area contributed by atoms with Crippen LogP contribution in [0.1, 0.15) is 5.56 Å². The number of amides is 1. The van der Waals surface area contributed by atoms with E-state index in [-0.39, 0.29) is 11.4 Å². The minimum atomic E-state index is -3.88. The fourth-order valence-corrected chi connectivity index (χ4v) is 4.33. The van der Waals surface area contributed by atoms with Crippen LogP contribution in [0.25, 0.3) is 0 Å². The predicted molar refractivity (Wildman–Crippen MR) is 116 cm³/mol. The number of hydrogen-bond acceptors (Lipinski definition) is 4. The molecule has 0 unspecified atom stereocenters. The van der Waals surface area contributed by atoms with Gasteiger partial charge in [0.25, 0.3) is 10.0 Å². The topological polar surface area (TPSA) is 79.4 Å². The molecule has 0 bridgehead atoms. The molecule has 0 radical (unpaired) electrons. The predicted octanol–water partition coefficient (Wildman–Crippen LogP) is 3.20. The van der Waals surface area contributed by atoms with E-state index in [0.717, 1.165) is 13.4 Å². The Kier molecular flexibility index (Phi) is 6.63. The summed E-state index contributed by atoms with van der Waals surface area (Å²) in [6.07, 6.45) is 3.28. The second-order valence-corrected chi connectivity index (χ2v) is 9.04. The zero-order chi connectivity index (χ0) is 20.0. The van der Waals surface area contributed by atoms with Crippen molar-refractivity contribution in [2.24, 2.45) is 0 Å². The Balaban J connectivity index is 1.84. The molecule has 144 valence electrons. The molecular weight excluding hydrogens is 489 g/mol. The van der Waals surface area contributed by atoms with Gasteiger partial charge in [0.1, 0.15) is 6.54 Å². The maximum absolute atomic E-state index is 13.2. The monoisotopic (exact) mass is 507 g/mol. The zero-order valence-corrected chi connectivity index (χ0v) is 17.8. The number of anilines is 1. The molecule has 0 aliphatic rings. The molecule has 0 fully saturated rings. The van der Waals surface area contributed by atoms with Gasteiger partial charge in [-0.25, -0.2) is 8.42 Å². The van der Waals surface area contributed by atoms with Crippen molar-refractivity contribution in [1.82, 2.24) is 10.3 Å². The molecular formula is C20H18IN3O3S. The smallest absolute Gasteiger partial charge is 0.264 e. The molecule has 3 rings (SSSR count). The highest BCUT2D eigenvalue weighted by Crippen LogP contribution is 2.24. The Morgan fingerprint density at radius 1 is 0.964 bits per heavy atom. The lowest BCUT2D eigenvalue weighted by atomic mass is 10.3. The molecule has 6 nitrogen and oxygen atoms in total. The third-order valence-electron chi connectivity index (χ3n) is 3.97. The van der Waals surface area contributed by atoms with Crippen LogP contribution in [0.2, 0.25) is 0 Å². The average Bonchev–Trinajstić information content (AvgIpc) is 2.72. The second kappa shape index (κ2) is 9.16. The molecule has 8 heteroatoms. The quantitative estimate of drug-likeness (QED) is 0.499. The van der Waals surface area contributed by atoms with Crippen LogP contribution in [-0.4, -0.2) is 25.9 Å². The number of carbonyl (C=O) groups is 1. The number of rotatable bonds is 7. The number of sulfonamides is 1. The van der Waals surface area contributed by atoms with E-state index in [1.807, 2.05) is 0 Å². The van der Waals surface area contributed by atoms with Gasteiger partial charge in [-0.1, -0.05) is 18.2 Å². The normalized spacial score (nSPS) is 11.0. The summed E-state index contributed by atoms with van der Waals surface area (Å²) in [4.78, 5) is 16.6. The highest BCUT2D eigenvalue weighted by Gasteiger charge is 2.26. The Hall–Kier alpha value is -2.46. The number of hydrogen-bond donors (Lipinski definition) is 1. The summed E-state index contributed by atoms with van der Waals surface area (Å²) in [6.45, 7) is -0.0177. The summed E-state index contributed by atoms with van der Waals surface area (Å²) in [5.74, 6) is -0.394. The van der Waals surface area contributed by atoms with Gasteiger partial charge in [0.2, 0.25) is 5.91 Å². The van der Waals surface area contributed by atoms with Gasteiger partial charge in [-0.15, -0.1) is 0 Å². The highest BCUT2D eigenvalue weighted by molar-refractivity contribution is 14.1. The van der Waals surface area contributed by atoms with E-state index in [4.69, 9.17) is 0 Å². The van der Waals surface area contributed by atoms with E-state index in [2.05, 4.69) is 32.9 Å². The van der Waals surface area contributed by atoms with Gasteiger partial charge in [0.05, 0.1) is 10.6 Å². The first kappa shape index (κ1) is 20.3. The van der Waals surface area contributed by atoms with Gasteiger partial charge in [0.15, 0.2) is 0 Å². The van der Waals surface area contributed by atoms with Crippen LogP contribution in [0.15, 0.2) is 84.0 Å². The van der Waals surface area contributed by atoms with Crippen LogP contribution in [0, 0.1) is 3.57 Å². The first-order valence-electron chi connectivity index (χ1n) is 8.46. The molecule has 3 aromatic rings. The van der Waals surface area contributed by atoms with E-state index in [0.29, 0.717) is 12.2 Å².